The molecule has 0 aromatic carbocycles. The Morgan fingerprint density at radius 2 is 2.27 bits per heavy atom. The highest BCUT2D eigenvalue weighted by Crippen LogP contribution is 2.25. The van der Waals surface area contributed by atoms with Crippen molar-refractivity contribution in [2.75, 3.05) is 0 Å². The smallest absolute Gasteiger partial charge is 0.0954 e. The lowest BCUT2D eigenvalue weighted by Gasteiger charge is -2.16. The van der Waals surface area contributed by atoms with E-state index in [4.69, 9.17) is 5.73 Å². The van der Waals surface area contributed by atoms with Gasteiger partial charge in [-0.3, -0.25) is 0 Å². The zero-order valence-corrected chi connectivity index (χ0v) is 9.74. The van der Waals surface area contributed by atoms with Crippen molar-refractivity contribution in [3.63, 3.8) is 0 Å². The molecule has 2 heterocycles. The van der Waals surface area contributed by atoms with Crippen molar-refractivity contribution in [3.05, 3.63) is 40.6 Å². The van der Waals surface area contributed by atoms with Crippen LogP contribution in [0.3, 0.4) is 0 Å². The molecule has 2 rings (SSSR count). The number of nitrogens with two attached hydrogens (primary N) is 1. The summed E-state index contributed by atoms with van der Waals surface area (Å²) in [5.74, 6) is 0. The Kier molecular flexibility index (Phi) is 2.88. The van der Waals surface area contributed by atoms with E-state index in [2.05, 4.69) is 34.0 Å². The Hall–Kier alpha value is -1.13. The van der Waals surface area contributed by atoms with Crippen molar-refractivity contribution in [3.8, 4) is 0 Å². The van der Waals surface area contributed by atoms with Gasteiger partial charge in [-0.1, -0.05) is 6.07 Å². The third-order valence-corrected chi connectivity index (χ3v) is 3.58. The molecule has 0 fully saturated rings. The van der Waals surface area contributed by atoms with Crippen LogP contribution in [0.15, 0.2) is 30.0 Å². The minimum absolute atomic E-state index is 0.0231. The molecular formula is C11H15N3S. The molecule has 0 amide bonds. The fourth-order valence-electron chi connectivity index (χ4n) is 1.66. The quantitative estimate of drug-likeness (QED) is 0.865. The number of aromatic nitrogens is 2. The second-order valence-corrected chi connectivity index (χ2v) is 4.69. The molecule has 2 aromatic rings. The van der Waals surface area contributed by atoms with Crippen LogP contribution in [0.4, 0.5) is 0 Å². The lowest BCUT2D eigenvalue weighted by Crippen LogP contribution is -2.14. The van der Waals surface area contributed by atoms with Gasteiger partial charge in [-0.05, 0) is 25.3 Å². The highest BCUT2D eigenvalue weighted by Gasteiger charge is 2.14. The maximum absolute atomic E-state index is 5.89. The third-order valence-electron chi connectivity index (χ3n) is 2.53. The predicted octanol–water partition coefficient (Wildman–Crippen LogP) is 2.57. The second-order valence-electron chi connectivity index (χ2n) is 3.71. The van der Waals surface area contributed by atoms with E-state index in [-0.39, 0.29) is 6.04 Å². The van der Waals surface area contributed by atoms with E-state index < -0.39 is 0 Å². The lowest BCUT2D eigenvalue weighted by atomic mass is 10.2. The molecule has 0 saturated carbocycles. The topological polar surface area (TPSA) is 43.8 Å². The summed E-state index contributed by atoms with van der Waals surface area (Å²) in [6, 6.07) is 4.54. The zero-order chi connectivity index (χ0) is 10.8. The maximum Gasteiger partial charge on any atom is 0.0954 e. The van der Waals surface area contributed by atoms with E-state index >= 15 is 0 Å². The van der Waals surface area contributed by atoms with Crippen LogP contribution in [0.5, 0.6) is 0 Å². The van der Waals surface area contributed by atoms with Gasteiger partial charge in [0.25, 0.3) is 0 Å². The number of imidazole rings is 1. The van der Waals surface area contributed by atoms with Gasteiger partial charge in [0, 0.05) is 17.1 Å². The molecule has 0 saturated heterocycles. The summed E-state index contributed by atoms with van der Waals surface area (Å²) < 4.78 is 2.14. The van der Waals surface area contributed by atoms with Gasteiger partial charge in [-0.15, -0.1) is 11.3 Å². The maximum atomic E-state index is 5.89. The Balaban J connectivity index is 2.33. The summed E-state index contributed by atoms with van der Waals surface area (Å²) in [5.41, 5.74) is 6.97. The van der Waals surface area contributed by atoms with Crippen LogP contribution in [0.25, 0.3) is 0 Å². The van der Waals surface area contributed by atoms with Crippen LogP contribution in [-0.4, -0.2) is 9.55 Å². The van der Waals surface area contributed by atoms with Crippen LogP contribution >= 0.6 is 11.3 Å². The van der Waals surface area contributed by atoms with Crippen LogP contribution in [-0.2, 0) is 0 Å². The van der Waals surface area contributed by atoms with E-state index in [0.717, 1.165) is 5.69 Å². The molecule has 0 aliphatic rings. The van der Waals surface area contributed by atoms with Gasteiger partial charge < -0.3 is 10.3 Å². The Morgan fingerprint density at radius 1 is 1.47 bits per heavy atom. The van der Waals surface area contributed by atoms with Crippen LogP contribution in [0.1, 0.15) is 36.5 Å². The molecule has 0 radical (unpaired) electrons. The van der Waals surface area contributed by atoms with E-state index in [1.807, 2.05) is 19.4 Å². The van der Waals surface area contributed by atoms with Crippen molar-refractivity contribution in [1.29, 1.82) is 0 Å². The molecule has 15 heavy (non-hydrogen) atoms. The average molecular weight is 221 g/mol. The van der Waals surface area contributed by atoms with Gasteiger partial charge >= 0.3 is 0 Å². The predicted molar refractivity (Wildman–Crippen MR) is 63.0 cm³/mol. The number of nitrogens with zero attached hydrogens (tertiary/aromatic N) is 2. The first-order valence-electron chi connectivity index (χ1n) is 5.01. The molecule has 2 N–H and O–H groups in total. The van der Waals surface area contributed by atoms with Gasteiger partial charge in [0.15, 0.2) is 0 Å². The van der Waals surface area contributed by atoms with Crippen molar-refractivity contribution < 1.29 is 0 Å². The molecule has 4 heteroatoms. The summed E-state index contributed by atoms with van der Waals surface area (Å²) in [6.45, 7) is 4.15. The lowest BCUT2D eigenvalue weighted by molar-refractivity contribution is 0.589. The number of hydrogen-bond acceptors (Lipinski definition) is 3. The van der Waals surface area contributed by atoms with Crippen molar-refractivity contribution in [2.24, 2.45) is 5.73 Å². The fraction of sp³-hybridized carbons (Fsp3) is 0.364. The van der Waals surface area contributed by atoms with Crippen molar-refractivity contribution in [1.82, 2.24) is 9.55 Å². The largest absolute Gasteiger partial charge is 0.325 e. The fourth-order valence-corrected chi connectivity index (χ4v) is 2.44. The van der Waals surface area contributed by atoms with Gasteiger partial charge in [0.2, 0.25) is 0 Å². The highest BCUT2D eigenvalue weighted by atomic mass is 32.1. The summed E-state index contributed by atoms with van der Waals surface area (Å²) in [5, 5.41) is 2.09. The van der Waals surface area contributed by atoms with Gasteiger partial charge in [0.1, 0.15) is 0 Å². The first-order valence-corrected chi connectivity index (χ1v) is 5.89. The molecule has 0 aliphatic heterocycles. The SMILES string of the molecule is CC(N)c1cncn1C(C)c1cccs1. The number of hydrogen-bond donors (Lipinski definition) is 1. The standard InChI is InChI=1S/C11H15N3S/c1-8(12)10-6-13-7-14(10)9(2)11-4-3-5-15-11/h3-9H,12H2,1-2H3. The van der Waals surface area contributed by atoms with Crippen LogP contribution < -0.4 is 5.73 Å². The summed E-state index contributed by atoms with van der Waals surface area (Å²) in [7, 11) is 0. The molecular weight excluding hydrogens is 206 g/mol. The number of rotatable bonds is 3. The average Bonchev–Trinajstić information content (AvgIpc) is 2.88. The Morgan fingerprint density at radius 3 is 2.87 bits per heavy atom. The van der Waals surface area contributed by atoms with Crippen molar-refractivity contribution in [2.45, 2.75) is 25.9 Å². The summed E-state index contributed by atoms with van der Waals surface area (Å²) in [6.07, 6.45) is 3.69. The monoisotopic (exact) mass is 221 g/mol. The molecule has 0 spiro atoms. The third kappa shape index (κ3) is 1.96. The van der Waals surface area contributed by atoms with E-state index in [9.17, 15) is 0 Å². The van der Waals surface area contributed by atoms with Crippen LogP contribution in [0.2, 0.25) is 0 Å². The second kappa shape index (κ2) is 4.16. The first-order chi connectivity index (χ1) is 7.20. The van der Waals surface area contributed by atoms with Gasteiger partial charge in [-0.25, -0.2) is 4.98 Å². The van der Waals surface area contributed by atoms with E-state index in [0.29, 0.717) is 6.04 Å². The Labute approximate surface area is 93.6 Å². The minimum Gasteiger partial charge on any atom is -0.325 e. The van der Waals surface area contributed by atoms with Crippen molar-refractivity contribution >= 4 is 11.3 Å². The zero-order valence-electron chi connectivity index (χ0n) is 8.92. The van der Waals surface area contributed by atoms with E-state index in [1.165, 1.54) is 4.88 Å². The minimum atomic E-state index is 0.0231. The molecule has 0 bridgehead atoms. The number of thiophene rings is 1. The first kappa shape index (κ1) is 10.4. The molecule has 2 unspecified atom stereocenters. The van der Waals surface area contributed by atoms with Gasteiger partial charge in [-0.2, -0.15) is 0 Å². The molecule has 80 valence electrons. The highest BCUT2D eigenvalue weighted by molar-refractivity contribution is 7.10. The summed E-state index contributed by atoms with van der Waals surface area (Å²) in [4.78, 5) is 5.49. The molecule has 0 aliphatic carbocycles. The molecule has 2 atom stereocenters. The van der Waals surface area contributed by atoms with Gasteiger partial charge in [0.05, 0.1) is 18.1 Å². The molecule has 2 aromatic heterocycles. The van der Waals surface area contributed by atoms with Crippen LogP contribution in [0, 0.1) is 0 Å². The molecule has 3 nitrogen and oxygen atoms in total. The van der Waals surface area contributed by atoms with E-state index in [1.54, 1.807) is 11.3 Å². The Bertz CT molecular complexity index is 417. The summed E-state index contributed by atoms with van der Waals surface area (Å²) >= 11 is 1.76. The normalized spacial score (nSPS) is 15.1.